The highest BCUT2D eigenvalue weighted by Crippen LogP contribution is 2.25. The van der Waals surface area contributed by atoms with Gasteiger partial charge in [0.2, 0.25) is 5.91 Å². The second kappa shape index (κ2) is 6.13. The number of amides is 1. The Morgan fingerprint density at radius 1 is 1.45 bits per heavy atom. The van der Waals surface area contributed by atoms with E-state index < -0.39 is 6.10 Å². The van der Waals surface area contributed by atoms with Gasteiger partial charge in [-0.25, -0.2) is 0 Å². The highest BCUT2D eigenvalue weighted by molar-refractivity contribution is 5.91. The summed E-state index contributed by atoms with van der Waals surface area (Å²) < 4.78 is 0. The lowest BCUT2D eigenvalue weighted by molar-refractivity contribution is -0.136. The van der Waals surface area contributed by atoms with Crippen LogP contribution in [0.5, 0.6) is 0 Å². The molecule has 1 aliphatic rings. The molecule has 1 fully saturated rings. The van der Waals surface area contributed by atoms with Crippen molar-refractivity contribution in [3.8, 4) is 0 Å². The highest BCUT2D eigenvalue weighted by atomic mass is 16.3. The van der Waals surface area contributed by atoms with Crippen LogP contribution in [0, 0.1) is 6.92 Å². The van der Waals surface area contributed by atoms with Crippen LogP contribution in [0.2, 0.25) is 0 Å². The van der Waals surface area contributed by atoms with Crippen molar-refractivity contribution in [1.82, 2.24) is 9.88 Å². The molecule has 3 rings (SSSR count). The van der Waals surface area contributed by atoms with Crippen molar-refractivity contribution in [2.24, 2.45) is 0 Å². The number of carbonyl (C=O) groups excluding carboxylic acids is 1. The fourth-order valence-electron chi connectivity index (χ4n) is 3.62. The maximum Gasteiger partial charge on any atom is 0.227 e. The van der Waals surface area contributed by atoms with Crippen LogP contribution in [-0.2, 0) is 11.2 Å². The third kappa shape index (κ3) is 2.75. The van der Waals surface area contributed by atoms with Crippen LogP contribution in [-0.4, -0.2) is 39.6 Å². The van der Waals surface area contributed by atoms with Gasteiger partial charge in [0.15, 0.2) is 0 Å². The van der Waals surface area contributed by atoms with Gasteiger partial charge in [0.25, 0.3) is 0 Å². The zero-order valence-electron chi connectivity index (χ0n) is 13.3. The van der Waals surface area contributed by atoms with Gasteiger partial charge < -0.3 is 15.0 Å². The number of fused-ring (bicyclic) bond motifs is 1. The quantitative estimate of drug-likeness (QED) is 0.916. The lowest BCUT2D eigenvalue weighted by Gasteiger charge is -2.37. The maximum absolute atomic E-state index is 12.7. The summed E-state index contributed by atoms with van der Waals surface area (Å²) >= 11 is 0. The van der Waals surface area contributed by atoms with E-state index in [-0.39, 0.29) is 11.9 Å². The first-order valence-corrected chi connectivity index (χ1v) is 8.11. The van der Waals surface area contributed by atoms with E-state index in [1.165, 1.54) is 5.56 Å². The number of hydrogen-bond acceptors (Lipinski definition) is 2. The van der Waals surface area contributed by atoms with Crippen molar-refractivity contribution in [2.45, 2.75) is 51.7 Å². The van der Waals surface area contributed by atoms with Crippen molar-refractivity contribution in [3.05, 3.63) is 35.5 Å². The van der Waals surface area contributed by atoms with Crippen LogP contribution in [0.4, 0.5) is 0 Å². The van der Waals surface area contributed by atoms with Gasteiger partial charge >= 0.3 is 0 Å². The normalized spacial score (nSPS) is 20.3. The van der Waals surface area contributed by atoms with Crippen molar-refractivity contribution < 1.29 is 9.90 Å². The number of hydrogen-bond donors (Lipinski definition) is 2. The lowest BCUT2D eigenvalue weighted by Crippen LogP contribution is -2.49. The van der Waals surface area contributed by atoms with Gasteiger partial charge in [0.1, 0.15) is 0 Å². The molecule has 0 bridgehead atoms. The summed E-state index contributed by atoms with van der Waals surface area (Å²) in [7, 11) is 0. The Hall–Kier alpha value is -1.81. The van der Waals surface area contributed by atoms with Gasteiger partial charge in [-0.3, -0.25) is 4.79 Å². The molecule has 0 radical (unpaired) electrons. The summed E-state index contributed by atoms with van der Waals surface area (Å²) in [6, 6.07) is 6.10. The van der Waals surface area contributed by atoms with Gasteiger partial charge in [0.05, 0.1) is 18.6 Å². The molecule has 2 N–H and O–H groups in total. The number of aromatic nitrogens is 1. The fraction of sp³-hybridized carbons (Fsp3) is 0.500. The Bertz CT molecular complexity index is 675. The van der Waals surface area contributed by atoms with Crippen molar-refractivity contribution in [3.63, 3.8) is 0 Å². The number of aryl methyl sites for hydroxylation is 1. The standard InChI is InChI=1S/C18H24N2O2/c1-12-6-5-7-15-18(12)14(11-19-15)10-17(22)20-9-4-3-8-16(20)13(2)21/h5-7,11,13,16,19,21H,3-4,8-10H2,1-2H3. The fourth-order valence-corrected chi connectivity index (χ4v) is 3.62. The first-order valence-electron chi connectivity index (χ1n) is 8.11. The minimum absolute atomic E-state index is 0.0347. The van der Waals surface area contributed by atoms with Crippen LogP contribution >= 0.6 is 0 Å². The molecule has 2 heterocycles. The Balaban J connectivity index is 1.83. The Morgan fingerprint density at radius 2 is 2.27 bits per heavy atom. The number of nitrogens with one attached hydrogen (secondary N) is 1. The molecule has 4 heteroatoms. The van der Waals surface area contributed by atoms with Crippen LogP contribution < -0.4 is 0 Å². The number of aliphatic hydroxyl groups is 1. The van der Waals surface area contributed by atoms with Crippen molar-refractivity contribution in [1.29, 1.82) is 0 Å². The Kier molecular flexibility index (Phi) is 4.21. The SMILES string of the molecule is Cc1cccc2[nH]cc(CC(=O)N3CCCCC3C(C)O)c12. The first kappa shape index (κ1) is 15.1. The minimum Gasteiger partial charge on any atom is -0.391 e. The van der Waals surface area contributed by atoms with E-state index in [0.29, 0.717) is 6.42 Å². The number of rotatable bonds is 3. The molecule has 118 valence electrons. The van der Waals surface area contributed by atoms with Gasteiger partial charge in [-0.2, -0.15) is 0 Å². The molecule has 22 heavy (non-hydrogen) atoms. The third-order valence-electron chi connectivity index (χ3n) is 4.76. The molecular weight excluding hydrogens is 276 g/mol. The number of aliphatic hydroxyl groups excluding tert-OH is 1. The maximum atomic E-state index is 12.7. The highest BCUT2D eigenvalue weighted by Gasteiger charge is 2.30. The molecule has 1 amide bonds. The van der Waals surface area contributed by atoms with Gasteiger partial charge in [-0.15, -0.1) is 0 Å². The zero-order chi connectivity index (χ0) is 15.7. The molecule has 0 spiro atoms. The monoisotopic (exact) mass is 300 g/mol. The first-order chi connectivity index (χ1) is 10.6. The molecule has 0 saturated carbocycles. The Morgan fingerprint density at radius 3 is 3.05 bits per heavy atom. The molecule has 4 nitrogen and oxygen atoms in total. The second-order valence-electron chi connectivity index (χ2n) is 6.38. The van der Waals surface area contributed by atoms with E-state index >= 15 is 0 Å². The molecular formula is C18H24N2O2. The number of likely N-dealkylation sites (tertiary alicyclic amines) is 1. The molecule has 1 aromatic heterocycles. The predicted molar refractivity (Wildman–Crippen MR) is 87.8 cm³/mol. The van der Waals surface area contributed by atoms with E-state index in [9.17, 15) is 9.90 Å². The van der Waals surface area contributed by atoms with Gasteiger partial charge in [-0.05, 0) is 50.3 Å². The van der Waals surface area contributed by atoms with Crippen molar-refractivity contribution >= 4 is 16.8 Å². The third-order valence-corrected chi connectivity index (χ3v) is 4.76. The van der Waals surface area contributed by atoms with Crippen molar-refractivity contribution in [2.75, 3.05) is 6.54 Å². The molecule has 2 atom stereocenters. The average Bonchev–Trinajstić information content (AvgIpc) is 2.91. The van der Waals surface area contributed by atoms with E-state index in [2.05, 4.69) is 18.0 Å². The number of benzene rings is 1. The van der Waals surface area contributed by atoms with Crippen LogP contribution in [0.3, 0.4) is 0 Å². The van der Waals surface area contributed by atoms with E-state index in [0.717, 1.165) is 42.3 Å². The van der Waals surface area contributed by atoms with Gasteiger partial charge in [0, 0.05) is 23.6 Å². The van der Waals surface area contributed by atoms with Crippen LogP contribution in [0.15, 0.2) is 24.4 Å². The summed E-state index contributed by atoms with van der Waals surface area (Å²) in [6.45, 7) is 4.62. The number of nitrogens with zero attached hydrogens (tertiary/aromatic N) is 1. The number of H-pyrrole nitrogens is 1. The predicted octanol–water partition coefficient (Wildman–Crippen LogP) is 2.78. The number of carbonyl (C=O) groups is 1. The summed E-state index contributed by atoms with van der Waals surface area (Å²) in [5.41, 5.74) is 3.31. The second-order valence-corrected chi connectivity index (χ2v) is 6.38. The summed E-state index contributed by atoms with van der Waals surface area (Å²) in [5, 5.41) is 11.1. The molecule has 1 saturated heterocycles. The minimum atomic E-state index is -0.464. The summed E-state index contributed by atoms with van der Waals surface area (Å²) in [6.07, 6.45) is 4.89. The molecule has 2 unspecified atom stereocenters. The largest absolute Gasteiger partial charge is 0.391 e. The Labute approximate surface area is 131 Å². The topological polar surface area (TPSA) is 56.3 Å². The van der Waals surface area contributed by atoms with Gasteiger partial charge in [-0.1, -0.05) is 12.1 Å². The van der Waals surface area contributed by atoms with E-state index in [1.807, 2.05) is 23.2 Å². The number of aromatic amines is 1. The lowest BCUT2D eigenvalue weighted by atomic mass is 9.97. The summed E-state index contributed by atoms with van der Waals surface area (Å²) in [4.78, 5) is 17.9. The zero-order valence-corrected chi connectivity index (χ0v) is 13.3. The average molecular weight is 300 g/mol. The van der Waals surface area contributed by atoms with E-state index in [1.54, 1.807) is 6.92 Å². The molecule has 2 aromatic rings. The molecule has 1 aromatic carbocycles. The molecule has 1 aliphatic heterocycles. The smallest absolute Gasteiger partial charge is 0.227 e. The molecule has 0 aliphatic carbocycles. The van der Waals surface area contributed by atoms with Crippen LogP contribution in [0.25, 0.3) is 10.9 Å². The van der Waals surface area contributed by atoms with E-state index in [4.69, 9.17) is 0 Å². The van der Waals surface area contributed by atoms with Crippen LogP contribution in [0.1, 0.15) is 37.3 Å². The summed E-state index contributed by atoms with van der Waals surface area (Å²) in [5.74, 6) is 0.120. The number of piperidine rings is 1.